The van der Waals surface area contributed by atoms with E-state index in [1.165, 1.54) is 25.1 Å². The molecule has 3 aromatic rings. The van der Waals surface area contributed by atoms with E-state index in [4.69, 9.17) is 37.9 Å². The van der Waals surface area contributed by atoms with Crippen LogP contribution < -0.4 is 5.32 Å². The lowest BCUT2D eigenvalue weighted by atomic mass is 9.98. The molecule has 0 radical (unpaired) electrons. The summed E-state index contributed by atoms with van der Waals surface area (Å²) in [7, 11) is 0. The number of nitrogens with one attached hydrogen (secondary N) is 1. The van der Waals surface area contributed by atoms with E-state index in [2.05, 4.69) is 5.32 Å². The highest BCUT2D eigenvalue weighted by atomic mass is 16.7. The lowest BCUT2D eigenvalue weighted by Gasteiger charge is -2.37. The van der Waals surface area contributed by atoms with Crippen LogP contribution in [0.1, 0.15) is 67.8 Å². The number of carbonyl (C=O) groups is 6. The third-order valence-corrected chi connectivity index (χ3v) is 7.92. The van der Waals surface area contributed by atoms with Gasteiger partial charge in [-0.25, -0.2) is 14.4 Å². The Morgan fingerprint density at radius 1 is 0.737 bits per heavy atom. The Bertz CT molecular complexity index is 1860. The van der Waals surface area contributed by atoms with E-state index in [-0.39, 0.29) is 23.3 Å². The highest BCUT2D eigenvalue weighted by Crippen LogP contribution is 2.27. The first-order valence-electron chi connectivity index (χ1n) is 18.1. The van der Waals surface area contributed by atoms with Crippen molar-refractivity contribution in [2.75, 3.05) is 13.2 Å². The molecule has 1 heterocycles. The zero-order chi connectivity index (χ0) is 41.5. The van der Waals surface area contributed by atoms with E-state index in [0.29, 0.717) is 5.56 Å². The van der Waals surface area contributed by atoms with Gasteiger partial charge in [0.15, 0.2) is 24.6 Å². The van der Waals surface area contributed by atoms with Crippen molar-refractivity contribution in [2.24, 2.45) is 0 Å². The Hall–Kier alpha value is -6.06. The van der Waals surface area contributed by atoms with Crippen molar-refractivity contribution in [1.29, 1.82) is 0 Å². The first-order valence-corrected chi connectivity index (χ1v) is 18.1. The molecule has 1 amide bonds. The number of alkyl carbamates (subject to hydrolysis) is 1. The summed E-state index contributed by atoms with van der Waals surface area (Å²) in [5.74, 6) is -3.78. The maximum absolute atomic E-state index is 13.8. The van der Waals surface area contributed by atoms with Crippen molar-refractivity contribution in [3.8, 4) is 0 Å². The quantitative estimate of drug-likeness (QED) is 0.146. The number of rotatable bonds is 16. The fraction of sp³-hybridized carbons (Fsp3) is 0.381. The number of carbonyl (C=O) groups excluding carboxylic acids is 6. The van der Waals surface area contributed by atoms with Crippen LogP contribution in [0.4, 0.5) is 4.79 Å². The van der Waals surface area contributed by atoms with Crippen LogP contribution in [0.3, 0.4) is 0 Å². The molecule has 1 aliphatic heterocycles. The van der Waals surface area contributed by atoms with Gasteiger partial charge in [-0.1, -0.05) is 66.7 Å². The zero-order valence-corrected chi connectivity index (χ0v) is 32.5. The predicted molar refractivity (Wildman–Crippen MR) is 201 cm³/mol. The van der Waals surface area contributed by atoms with Crippen molar-refractivity contribution >= 4 is 35.9 Å². The van der Waals surface area contributed by atoms with Gasteiger partial charge in [0.05, 0.1) is 23.8 Å². The molecular formula is C42H47NO14. The fourth-order valence-electron chi connectivity index (χ4n) is 5.56. The monoisotopic (exact) mass is 789 g/mol. The number of esters is 5. The van der Waals surface area contributed by atoms with Crippen molar-refractivity contribution in [3.63, 3.8) is 0 Å². The summed E-state index contributed by atoms with van der Waals surface area (Å²) in [5.41, 5.74) is 0.104. The van der Waals surface area contributed by atoms with Gasteiger partial charge in [-0.3, -0.25) is 14.4 Å². The summed E-state index contributed by atoms with van der Waals surface area (Å²) in [6.07, 6.45) is -6.39. The lowest BCUT2D eigenvalue weighted by Crippen LogP contribution is -2.56. The van der Waals surface area contributed by atoms with Crippen LogP contribution in [0.2, 0.25) is 0 Å². The Kier molecular flexibility index (Phi) is 15.9. The molecule has 0 saturated carbocycles. The van der Waals surface area contributed by atoms with Gasteiger partial charge in [0.1, 0.15) is 24.1 Å². The standard InChI is InChI=1S/C42H47NO14/c1-26(44)50-25-36-33(52-27(2)45)23-35(53-28(3)46)40(55-36)51-24-32(43-41(49)57-42(4,5)6)37(56-39(48)31-20-14-9-15-21-31)34(22-29-16-10-7-11-17-29)54-38(47)30-18-12-8-13-19-30/h7-21,23,32,34-37,40H,22,24-25H2,1-6H3,(H,43,49)/t32-,34+,35?,36?,37-,40?/m0/s1. The van der Waals surface area contributed by atoms with Gasteiger partial charge >= 0.3 is 35.9 Å². The number of hydrogen-bond acceptors (Lipinski definition) is 14. The smallest absolute Gasteiger partial charge is 0.408 e. The van der Waals surface area contributed by atoms with E-state index in [1.807, 2.05) is 6.07 Å². The average molecular weight is 790 g/mol. The maximum Gasteiger partial charge on any atom is 0.408 e. The minimum Gasteiger partial charge on any atom is -0.463 e. The molecule has 0 saturated heterocycles. The molecule has 1 aliphatic rings. The number of benzene rings is 3. The summed E-state index contributed by atoms with van der Waals surface area (Å²) in [4.78, 5) is 76.9. The molecule has 3 unspecified atom stereocenters. The van der Waals surface area contributed by atoms with E-state index < -0.39 is 91.5 Å². The number of ether oxygens (including phenoxy) is 8. The van der Waals surface area contributed by atoms with Crippen molar-refractivity contribution in [3.05, 3.63) is 120 Å². The molecule has 0 aromatic heterocycles. The topological polar surface area (TPSA) is 188 Å². The maximum atomic E-state index is 13.8. The molecule has 15 nitrogen and oxygen atoms in total. The van der Waals surface area contributed by atoms with Crippen molar-refractivity contribution < 1.29 is 66.7 Å². The third-order valence-electron chi connectivity index (χ3n) is 7.92. The first-order chi connectivity index (χ1) is 27.1. The predicted octanol–water partition coefficient (Wildman–Crippen LogP) is 5.26. The normalized spacial score (nSPS) is 18.0. The minimum absolute atomic E-state index is 0.00753. The summed E-state index contributed by atoms with van der Waals surface area (Å²) in [6.45, 7) is 7.47. The average Bonchev–Trinajstić information content (AvgIpc) is 3.15. The minimum atomic E-state index is -1.47. The van der Waals surface area contributed by atoms with Crippen LogP contribution in [0, 0.1) is 0 Å². The fourth-order valence-corrected chi connectivity index (χ4v) is 5.56. The van der Waals surface area contributed by atoms with Crippen molar-refractivity contribution in [1.82, 2.24) is 5.32 Å². The second-order valence-electron chi connectivity index (χ2n) is 13.9. The Balaban J connectivity index is 1.80. The molecule has 6 atom stereocenters. The Morgan fingerprint density at radius 3 is 1.82 bits per heavy atom. The Morgan fingerprint density at radius 2 is 1.30 bits per heavy atom. The van der Waals surface area contributed by atoms with Crippen LogP contribution in [0.5, 0.6) is 0 Å². The van der Waals surface area contributed by atoms with Gasteiger partial charge in [0.2, 0.25) is 0 Å². The highest BCUT2D eigenvalue weighted by Gasteiger charge is 2.42. The molecule has 1 N–H and O–H groups in total. The lowest BCUT2D eigenvalue weighted by molar-refractivity contribution is -0.234. The zero-order valence-electron chi connectivity index (χ0n) is 32.5. The summed E-state index contributed by atoms with van der Waals surface area (Å²) >= 11 is 0. The molecule has 0 bridgehead atoms. The van der Waals surface area contributed by atoms with E-state index in [1.54, 1.807) is 93.6 Å². The molecule has 3 aromatic carbocycles. The van der Waals surface area contributed by atoms with Gasteiger partial charge in [-0.05, 0) is 50.6 Å². The molecule has 0 aliphatic carbocycles. The van der Waals surface area contributed by atoms with E-state index >= 15 is 0 Å². The van der Waals surface area contributed by atoms with Gasteiger partial charge in [0, 0.05) is 33.3 Å². The molecule has 0 spiro atoms. The highest BCUT2D eigenvalue weighted by molar-refractivity contribution is 5.90. The van der Waals surface area contributed by atoms with Gasteiger partial charge < -0.3 is 43.2 Å². The van der Waals surface area contributed by atoms with E-state index in [9.17, 15) is 28.8 Å². The molecular weight excluding hydrogens is 742 g/mol. The number of amides is 1. The van der Waals surface area contributed by atoms with Crippen LogP contribution in [-0.4, -0.2) is 91.5 Å². The van der Waals surface area contributed by atoms with Crippen LogP contribution in [0.15, 0.2) is 103 Å². The summed E-state index contributed by atoms with van der Waals surface area (Å²) in [6, 6.07) is 23.9. The van der Waals surface area contributed by atoms with Crippen LogP contribution in [-0.2, 0) is 58.7 Å². The van der Waals surface area contributed by atoms with Gasteiger partial charge in [-0.15, -0.1) is 0 Å². The summed E-state index contributed by atoms with van der Waals surface area (Å²) < 4.78 is 46.0. The third kappa shape index (κ3) is 14.5. The Labute approximate surface area is 330 Å². The molecule has 0 fully saturated rings. The van der Waals surface area contributed by atoms with E-state index in [0.717, 1.165) is 13.8 Å². The van der Waals surface area contributed by atoms with Gasteiger partial charge in [-0.2, -0.15) is 0 Å². The first kappa shape index (κ1) is 43.7. The molecule has 304 valence electrons. The molecule has 4 rings (SSSR count). The second-order valence-corrected chi connectivity index (χ2v) is 13.9. The number of hydrogen-bond donors (Lipinski definition) is 1. The van der Waals surface area contributed by atoms with Crippen molar-refractivity contribution in [2.45, 2.75) is 90.3 Å². The summed E-state index contributed by atoms with van der Waals surface area (Å²) in [5, 5.41) is 2.72. The molecule has 15 heteroatoms. The largest absolute Gasteiger partial charge is 0.463 e. The SMILES string of the molecule is CC(=O)OCC1OC(OC[C@H](NC(=O)OC(C)(C)C)[C@H](OC(=O)c2ccccc2)[C@@H](Cc2ccccc2)OC(=O)c2ccccc2)C(OC(C)=O)C=C1OC(C)=O. The molecule has 57 heavy (non-hydrogen) atoms. The second kappa shape index (κ2) is 20.7. The van der Waals surface area contributed by atoms with Crippen LogP contribution >= 0.6 is 0 Å². The van der Waals surface area contributed by atoms with Crippen LogP contribution in [0.25, 0.3) is 0 Å². The van der Waals surface area contributed by atoms with Gasteiger partial charge in [0.25, 0.3) is 0 Å².